The first-order valence-corrected chi connectivity index (χ1v) is 8.40. The molecule has 7 heteroatoms. The number of carbonyl (C=O) groups is 2. The maximum absolute atomic E-state index is 12.8. The van der Waals surface area contributed by atoms with Crippen molar-refractivity contribution in [1.29, 1.82) is 0 Å². The van der Waals surface area contributed by atoms with E-state index in [-0.39, 0.29) is 18.4 Å². The second-order valence-electron chi connectivity index (χ2n) is 5.95. The van der Waals surface area contributed by atoms with Gasteiger partial charge in [-0.2, -0.15) is 0 Å². The molecule has 1 aliphatic heterocycles. The van der Waals surface area contributed by atoms with Crippen LogP contribution in [-0.2, 0) is 14.3 Å². The molecule has 0 spiro atoms. The number of benzene rings is 1. The summed E-state index contributed by atoms with van der Waals surface area (Å²) >= 11 is 6.24. The van der Waals surface area contributed by atoms with Crippen LogP contribution < -0.4 is 5.32 Å². The molecule has 24 heavy (non-hydrogen) atoms. The van der Waals surface area contributed by atoms with E-state index in [9.17, 15) is 9.59 Å². The molecule has 1 fully saturated rings. The molecule has 0 bridgehead atoms. The Labute approximate surface area is 147 Å². The average Bonchev–Trinajstić information content (AvgIpc) is 2.59. The molecule has 2 rings (SSSR count). The lowest BCUT2D eigenvalue weighted by molar-refractivity contribution is -0.154. The Morgan fingerprint density at radius 2 is 2.04 bits per heavy atom. The summed E-state index contributed by atoms with van der Waals surface area (Å²) in [6.45, 7) is 4.22. The highest BCUT2D eigenvalue weighted by atomic mass is 35.5. The second-order valence-corrected chi connectivity index (χ2v) is 6.36. The van der Waals surface area contributed by atoms with Crippen molar-refractivity contribution in [3.8, 4) is 0 Å². The standard InChI is InChI=1S/C17H24ClN3O3/c1-4-20(2)9-10-21(3)17(23)16-15(19-14(22)11-24-16)12-7-5-6-8-13(12)18/h5-8,15-16H,4,9-11H2,1-3H3,(H,19,22)/t15-,16+/m1/s1. The first-order valence-electron chi connectivity index (χ1n) is 8.03. The Kier molecular flexibility index (Phi) is 6.60. The van der Waals surface area contributed by atoms with Crippen LogP contribution in [0.4, 0.5) is 0 Å². The summed E-state index contributed by atoms with van der Waals surface area (Å²) in [5.41, 5.74) is 0.685. The van der Waals surface area contributed by atoms with Gasteiger partial charge >= 0.3 is 0 Å². The lowest BCUT2D eigenvalue weighted by Crippen LogP contribution is -2.53. The molecule has 0 radical (unpaired) electrons. The Bertz CT molecular complexity index is 596. The summed E-state index contributed by atoms with van der Waals surface area (Å²) < 4.78 is 5.55. The highest BCUT2D eigenvalue weighted by Crippen LogP contribution is 2.29. The van der Waals surface area contributed by atoms with Crippen molar-refractivity contribution in [2.75, 3.05) is 40.3 Å². The van der Waals surface area contributed by atoms with Crippen LogP contribution in [0.25, 0.3) is 0 Å². The van der Waals surface area contributed by atoms with E-state index in [1.54, 1.807) is 30.1 Å². The molecule has 1 aromatic carbocycles. The van der Waals surface area contributed by atoms with Crippen molar-refractivity contribution in [1.82, 2.24) is 15.1 Å². The van der Waals surface area contributed by atoms with Crippen molar-refractivity contribution in [2.24, 2.45) is 0 Å². The number of nitrogens with one attached hydrogen (secondary N) is 1. The van der Waals surface area contributed by atoms with Gasteiger partial charge in [0.25, 0.3) is 5.91 Å². The summed E-state index contributed by atoms with van der Waals surface area (Å²) in [5.74, 6) is -0.415. The maximum atomic E-state index is 12.8. The van der Waals surface area contributed by atoms with Crippen molar-refractivity contribution in [3.05, 3.63) is 34.9 Å². The molecule has 6 nitrogen and oxygen atoms in total. The fraction of sp³-hybridized carbons (Fsp3) is 0.529. The zero-order valence-electron chi connectivity index (χ0n) is 14.3. The van der Waals surface area contributed by atoms with Gasteiger partial charge in [0, 0.05) is 25.2 Å². The Morgan fingerprint density at radius 3 is 2.71 bits per heavy atom. The van der Waals surface area contributed by atoms with Crippen LogP contribution in [0.3, 0.4) is 0 Å². The molecule has 0 aliphatic carbocycles. The van der Waals surface area contributed by atoms with Gasteiger partial charge in [0.2, 0.25) is 5.91 Å². The molecule has 1 saturated heterocycles. The van der Waals surface area contributed by atoms with E-state index in [4.69, 9.17) is 16.3 Å². The topological polar surface area (TPSA) is 61.9 Å². The third kappa shape index (κ3) is 4.47. The normalized spacial score (nSPS) is 20.8. The lowest BCUT2D eigenvalue weighted by atomic mass is 9.98. The van der Waals surface area contributed by atoms with Gasteiger partial charge in [-0.15, -0.1) is 0 Å². The first kappa shape index (κ1) is 18.7. The van der Waals surface area contributed by atoms with Crippen LogP contribution in [0.15, 0.2) is 24.3 Å². The first-order chi connectivity index (χ1) is 11.4. The molecular formula is C17H24ClN3O3. The lowest BCUT2D eigenvalue weighted by Gasteiger charge is -2.34. The van der Waals surface area contributed by atoms with Crippen LogP contribution in [-0.4, -0.2) is 68.1 Å². The van der Waals surface area contributed by atoms with Gasteiger partial charge in [0.1, 0.15) is 6.61 Å². The van der Waals surface area contributed by atoms with E-state index in [1.165, 1.54) is 0 Å². The van der Waals surface area contributed by atoms with E-state index in [0.717, 1.165) is 13.1 Å². The van der Waals surface area contributed by atoms with Crippen LogP contribution in [0.5, 0.6) is 0 Å². The monoisotopic (exact) mass is 353 g/mol. The van der Waals surface area contributed by atoms with Gasteiger partial charge in [-0.1, -0.05) is 36.7 Å². The smallest absolute Gasteiger partial charge is 0.254 e. The van der Waals surface area contributed by atoms with Gasteiger partial charge in [-0.3, -0.25) is 9.59 Å². The summed E-state index contributed by atoms with van der Waals surface area (Å²) in [6.07, 6.45) is -0.778. The van der Waals surface area contributed by atoms with E-state index < -0.39 is 12.1 Å². The van der Waals surface area contributed by atoms with Gasteiger partial charge in [-0.05, 0) is 25.2 Å². The minimum Gasteiger partial charge on any atom is -0.356 e. The minimum atomic E-state index is -0.778. The van der Waals surface area contributed by atoms with Gasteiger partial charge in [0.05, 0.1) is 6.04 Å². The second kappa shape index (κ2) is 8.46. The summed E-state index contributed by atoms with van der Waals surface area (Å²) in [6, 6.07) is 6.58. The summed E-state index contributed by atoms with van der Waals surface area (Å²) in [4.78, 5) is 28.3. The molecule has 0 unspecified atom stereocenters. The van der Waals surface area contributed by atoms with Gasteiger partial charge in [-0.25, -0.2) is 0 Å². The molecule has 1 aliphatic rings. The van der Waals surface area contributed by atoms with Crippen molar-refractivity contribution in [3.63, 3.8) is 0 Å². The fourth-order valence-electron chi connectivity index (χ4n) is 2.54. The number of halogens is 1. The number of ether oxygens (including phenoxy) is 1. The fourth-order valence-corrected chi connectivity index (χ4v) is 2.79. The number of nitrogens with zero attached hydrogens (tertiary/aromatic N) is 2. The Morgan fingerprint density at radius 1 is 1.33 bits per heavy atom. The largest absolute Gasteiger partial charge is 0.356 e. The third-order valence-corrected chi connectivity index (χ3v) is 4.57. The number of rotatable bonds is 6. The summed E-state index contributed by atoms with van der Waals surface area (Å²) in [5, 5.41) is 3.33. The van der Waals surface area contributed by atoms with Crippen LogP contribution >= 0.6 is 11.6 Å². The summed E-state index contributed by atoms with van der Waals surface area (Å²) in [7, 11) is 3.75. The predicted molar refractivity (Wildman–Crippen MR) is 92.9 cm³/mol. The number of hydrogen-bond donors (Lipinski definition) is 1. The van der Waals surface area contributed by atoms with E-state index in [2.05, 4.69) is 17.1 Å². The molecule has 1 heterocycles. The van der Waals surface area contributed by atoms with Crippen molar-refractivity contribution >= 4 is 23.4 Å². The van der Waals surface area contributed by atoms with Gasteiger partial charge < -0.3 is 19.9 Å². The van der Waals surface area contributed by atoms with E-state index >= 15 is 0 Å². The zero-order valence-corrected chi connectivity index (χ0v) is 15.0. The number of amides is 2. The molecular weight excluding hydrogens is 330 g/mol. The molecule has 2 amide bonds. The van der Waals surface area contributed by atoms with E-state index in [1.807, 2.05) is 13.1 Å². The average molecular weight is 354 g/mol. The predicted octanol–water partition coefficient (Wildman–Crippen LogP) is 1.31. The van der Waals surface area contributed by atoms with Crippen LogP contribution in [0.2, 0.25) is 5.02 Å². The highest BCUT2D eigenvalue weighted by Gasteiger charge is 2.38. The molecule has 0 aromatic heterocycles. The van der Waals surface area contributed by atoms with Crippen molar-refractivity contribution < 1.29 is 14.3 Å². The third-order valence-electron chi connectivity index (χ3n) is 4.23. The molecule has 1 N–H and O–H groups in total. The number of carbonyl (C=O) groups excluding carboxylic acids is 2. The molecule has 0 saturated carbocycles. The Hall–Kier alpha value is -1.63. The van der Waals surface area contributed by atoms with Crippen molar-refractivity contribution in [2.45, 2.75) is 19.1 Å². The van der Waals surface area contributed by atoms with Crippen LogP contribution in [0, 0.1) is 0 Å². The van der Waals surface area contributed by atoms with E-state index in [0.29, 0.717) is 17.1 Å². The zero-order chi connectivity index (χ0) is 17.7. The molecule has 132 valence electrons. The van der Waals surface area contributed by atoms with Crippen LogP contribution in [0.1, 0.15) is 18.5 Å². The SMILES string of the molecule is CCN(C)CCN(C)C(=O)[C@H]1OCC(=O)N[C@@H]1c1ccccc1Cl. The number of morpholine rings is 1. The highest BCUT2D eigenvalue weighted by molar-refractivity contribution is 6.31. The molecule has 1 aromatic rings. The minimum absolute atomic E-state index is 0.125. The van der Waals surface area contributed by atoms with Gasteiger partial charge in [0.15, 0.2) is 6.10 Å². The Balaban J connectivity index is 2.14. The number of likely N-dealkylation sites (N-methyl/N-ethyl adjacent to an activating group) is 2. The number of hydrogen-bond acceptors (Lipinski definition) is 4. The quantitative estimate of drug-likeness (QED) is 0.837. The maximum Gasteiger partial charge on any atom is 0.254 e. The molecule has 2 atom stereocenters.